The van der Waals surface area contributed by atoms with Gasteiger partial charge in [-0.2, -0.15) is 0 Å². The Balaban J connectivity index is 1.26. The van der Waals surface area contributed by atoms with Crippen LogP contribution < -0.4 is 15.5 Å². The molecular weight excluding hydrogens is 478 g/mol. The summed E-state index contributed by atoms with van der Waals surface area (Å²) >= 11 is 7.27. The lowest BCUT2D eigenvalue weighted by atomic mass is 10.2. The molecule has 0 saturated carbocycles. The largest absolute Gasteiger partial charge is 0.363 e. The Morgan fingerprint density at radius 3 is 2.29 bits per heavy atom. The number of nitro benzene ring substituents is 1. The topological polar surface area (TPSA) is 108 Å². The first-order valence-corrected chi connectivity index (χ1v) is 11.8. The molecule has 9 nitrogen and oxygen atoms in total. The van der Waals surface area contributed by atoms with Gasteiger partial charge in [0.05, 0.1) is 16.3 Å². The van der Waals surface area contributed by atoms with E-state index in [0.717, 1.165) is 0 Å². The van der Waals surface area contributed by atoms with Crippen LogP contribution in [0.25, 0.3) is 0 Å². The summed E-state index contributed by atoms with van der Waals surface area (Å²) in [4.78, 5) is 40.1. The van der Waals surface area contributed by atoms with Crippen LogP contribution in [0.15, 0.2) is 60.0 Å². The summed E-state index contributed by atoms with van der Waals surface area (Å²) in [5, 5.41) is 19.2. The molecule has 2 heterocycles. The first-order chi connectivity index (χ1) is 16.4. The van der Waals surface area contributed by atoms with Crippen LogP contribution >= 0.6 is 22.9 Å². The number of piperazine rings is 1. The van der Waals surface area contributed by atoms with Crippen LogP contribution in [-0.2, 0) is 4.79 Å². The fourth-order valence-corrected chi connectivity index (χ4v) is 4.48. The number of anilines is 3. The van der Waals surface area contributed by atoms with Crippen molar-refractivity contribution in [2.24, 2.45) is 0 Å². The molecule has 0 spiro atoms. The van der Waals surface area contributed by atoms with Gasteiger partial charge in [-0.15, -0.1) is 11.3 Å². The number of nitro groups is 1. The summed E-state index contributed by atoms with van der Waals surface area (Å²) in [5.41, 5.74) is 1.79. The first-order valence-electron chi connectivity index (χ1n) is 10.5. The van der Waals surface area contributed by atoms with Gasteiger partial charge in [0.2, 0.25) is 5.91 Å². The Bertz CT molecular complexity index is 1180. The summed E-state index contributed by atoms with van der Waals surface area (Å²) in [5.74, 6) is -0.323. The van der Waals surface area contributed by atoms with E-state index >= 15 is 0 Å². The Morgan fingerprint density at radius 2 is 1.68 bits per heavy atom. The minimum Gasteiger partial charge on any atom is -0.363 e. The van der Waals surface area contributed by atoms with Crippen LogP contribution in [0, 0.1) is 10.1 Å². The minimum absolute atomic E-state index is 0.0197. The van der Waals surface area contributed by atoms with Crippen LogP contribution in [0.1, 0.15) is 9.67 Å². The molecule has 1 saturated heterocycles. The van der Waals surface area contributed by atoms with E-state index in [1.807, 2.05) is 21.2 Å². The fraction of sp³-hybridized carbons (Fsp3) is 0.217. The van der Waals surface area contributed by atoms with Crippen molar-refractivity contribution in [3.63, 3.8) is 0 Å². The standard InChI is InChI=1S/C23H22ClN5O4S/c24-16-3-8-19(20(14-16)29(32)33)28-11-9-27(10-12-28)15-22(30)25-17-4-6-18(7-5-17)26-23(31)21-2-1-13-34-21/h1-8,13-14H,9-12,15H2,(H,25,30)(H,26,31). The van der Waals surface area contributed by atoms with Gasteiger partial charge in [-0.3, -0.25) is 24.6 Å². The van der Waals surface area contributed by atoms with E-state index in [0.29, 0.717) is 53.1 Å². The van der Waals surface area contributed by atoms with Gasteiger partial charge in [0.25, 0.3) is 11.6 Å². The van der Waals surface area contributed by atoms with Crippen molar-refractivity contribution in [3.8, 4) is 0 Å². The number of amides is 2. The number of nitrogens with one attached hydrogen (secondary N) is 2. The molecule has 34 heavy (non-hydrogen) atoms. The molecule has 2 aromatic carbocycles. The van der Waals surface area contributed by atoms with Crippen LogP contribution in [-0.4, -0.2) is 54.4 Å². The maximum Gasteiger partial charge on any atom is 0.294 e. The number of nitrogens with zero attached hydrogens (tertiary/aromatic N) is 3. The zero-order valence-corrected chi connectivity index (χ0v) is 19.6. The summed E-state index contributed by atoms with van der Waals surface area (Å²) in [6, 6.07) is 15.2. The maximum absolute atomic E-state index is 12.5. The zero-order valence-electron chi connectivity index (χ0n) is 18.1. The van der Waals surface area contributed by atoms with Crippen molar-refractivity contribution < 1.29 is 14.5 Å². The summed E-state index contributed by atoms with van der Waals surface area (Å²) in [7, 11) is 0. The number of halogens is 1. The number of benzene rings is 2. The van der Waals surface area contributed by atoms with Crippen LogP contribution in [0.5, 0.6) is 0 Å². The van der Waals surface area contributed by atoms with E-state index < -0.39 is 4.92 Å². The van der Waals surface area contributed by atoms with Gasteiger partial charge in [0.15, 0.2) is 0 Å². The molecule has 4 rings (SSSR count). The molecule has 2 amide bonds. The van der Waals surface area contributed by atoms with E-state index in [9.17, 15) is 19.7 Å². The Labute approximate surface area is 205 Å². The van der Waals surface area contributed by atoms with Crippen molar-refractivity contribution in [1.29, 1.82) is 0 Å². The second-order valence-electron chi connectivity index (χ2n) is 7.71. The molecule has 1 aliphatic rings. The van der Waals surface area contributed by atoms with Gasteiger partial charge in [-0.05, 0) is 47.8 Å². The highest BCUT2D eigenvalue weighted by Crippen LogP contribution is 2.31. The van der Waals surface area contributed by atoms with Crippen LogP contribution in [0.4, 0.5) is 22.7 Å². The summed E-state index contributed by atoms with van der Waals surface area (Å²) in [6.07, 6.45) is 0. The smallest absolute Gasteiger partial charge is 0.294 e. The monoisotopic (exact) mass is 499 g/mol. The summed E-state index contributed by atoms with van der Waals surface area (Å²) in [6.45, 7) is 2.54. The molecule has 3 aromatic rings. The lowest BCUT2D eigenvalue weighted by molar-refractivity contribution is -0.384. The fourth-order valence-electron chi connectivity index (χ4n) is 3.70. The predicted octanol–water partition coefficient (Wildman–Crippen LogP) is 4.32. The van der Waals surface area contributed by atoms with Gasteiger partial charge >= 0.3 is 0 Å². The molecular formula is C23H22ClN5O4S. The molecule has 11 heteroatoms. The van der Waals surface area contributed by atoms with Gasteiger partial charge in [0, 0.05) is 48.6 Å². The molecule has 2 N–H and O–H groups in total. The van der Waals surface area contributed by atoms with Gasteiger partial charge in [-0.1, -0.05) is 17.7 Å². The third kappa shape index (κ3) is 5.90. The molecule has 0 radical (unpaired) electrons. The lowest BCUT2D eigenvalue weighted by Crippen LogP contribution is -2.48. The maximum atomic E-state index is 12.5. The van der Waals surface area contributed by atoms with E-state index in [-0.39, 0.29) is 24.0 Å². The van der Waals surface area contributed by atoms with Crippen molar-refractivity contribution in [2.45, 2.75) is 0 Å². The molecule has 176 valence electrons. The molecule has 0 bridgehead atoms. The molecule has 1 aromatic heterocycles. The van der Waals surface area contributed by atoms with E-state index in [1.165, 1.54) is 17.4 Å². The minimum atomic E-state index is -0.431. The number of carbonyl (C=O) groups is 2. The SMILES string of the molecule is O=C(CN1CCN(c2ccc(Cl)cc2[N+](=O)[O-])CC1)Nc1ccc(NC(=O)c2cccs2)cc1. The van der Waals surface area contributed by atoms with E-state index in [2.05, 4.69) is 10.6 Å². The highest BCUT2D eigenvalue weighted by molar-refractivity contribution is 7.12. The number of thiophene rings is 1. The van der Waals surface area contributed by atoms with Crippen LogP contribution in [0.2, 0.25) is 5.02 Å². The molecule has 0 aliphatic carbocycles. The predicted molar refractivity (Wildman–Crippen MR) is 134 cm³/mol. The molecule has 0 atom stereocenters. The zero-order chi connectivity index (χ0) is 24.1. The average Bonchev–Trinajstić information content (AvgIpc) is 3.36. The van der Waals surface area contributed by atoms with Gasteiger partial charge < -0.3 is 15.5 Å². The second kappa shape index (κ2) is 10.6. The lowest BCUT2D eigenvalue weighted by Gasteiger charge is -2.35. The van der Waals surface area contributed by atoms with E-state index in [1.54, 1.807) is 42.5 Å². The van der Waals surface area contributed by atoms with Crippen molar-refractivity contribution in [1.82, 2.24) is 4.90 Å². The van der Waals surface area contributed by atoms with E-state index in [4.69, 9.17) is 11.6 Å². The molecule has 1 fully saturated rings. The number of rotatable bonds is 7. The van der Waals surface area contributed by atoms with Gasteiger partial charge in [0.1, 0.15) is 5.69 Å². The number of hydrogen-bond donors (Lipinski definition) is 2. The van der Waals surface area contributed by atoms with Gasteiger partial charge in [-0.25, -0.2) is 0 Å². The van der Waals surface area contributed by atoms with Crippen molar-refractivity contribution >= 4 is 57.5 Å². The Hall–Kier alpha value is -3.47. The van der Waals surface area contributed by atoms with Crippen molar-refractivity contribution in [2.75, 3.05) is 48.3 Å². The highest BCUT2D eigenvalue weighted by Gasteiger charge is 2.25. The third-order valence-corrected chi connectivity index (χ3v) is 6.49. The average molecular weight is 500 g/mol. The number of hydrogen-bond acceptors (Lipinski definition) is 7. The third-order valence-electron chi connectivity index (χ3n) is 5.39. The second-order valence-corrected chi connectivity index (χ2v) is 9.09. The van der Waals surface area contributed by atoms with Crippen LogP contribution in [0.3, 0.4) is 0 Å². The Morgan fingerprint density at radius 1 is 1.00 bits per heavy atom. The number of carbonyl (C=O) groups excluding carboxylic acids is 2. The molecule has 1 aliphatic heterocycles. The summed E-state index contributed by atoms with van der Waals surface area (Å²) < 4.78 is 0. The molecule has 0 unspecified atom stereocenters. The van der Waals surface area contributed by atoms with Crippen molar-refractivity contribution in [3.05, 3.63) is 80.0 Å². The highest BCUT2D eigenvalue weighted by atomic mass is 35.5. The Kier molecular flexibility index (Phi) is 7.41. The normalized spacial score (nSPS) is 14.0. The first kappa shape index (κ1) is 23.7. The quantitative estimate of drug-likeness (QED) is 0.370.